The number of morpholine rings is 1. The zero-order valence-corrected chi connectivity index (χ0v) is 16.4. The Bertz CT molecular complexity index is 1040. The molecule has 1 atom stereocenters. The van der Waals surface area contributed by atoms with Crippen molar-refractivity contribution in [1.82, 2.24) is 14.9 Å². The zero-order valence-electron chi connectivity index (χ0n) is 16.4. The maximum absolute atomic E-state index is 12.7. The van der Waals surface area contributed by atoms with Crippen LogP contribution in [0.2, 0.25) is 0 Å². The van der Waals surface area contributed by atoms with Gasteiger partial charge in [-0.1, -0.05) is 24.3 Å². The van der Waals surface area contributed by atoms with Crippen molar-refractivity contribution in [3.63, 3.8) is 0 Å². The molecule has 3 aromatic rings. The number of hydrogen-bond acceptors (Lipinski definition) is 5. The van der Waals surface area contributed by atoms with E-state index in [1.807, 2.05) is 48.5 Å². The van der Waals surface area contributed by atoms with Crippen molar-refractivity contribution in [2.45, 2.75) is 12.5 Å². The van der Waals surface area contributed by atoms with Gasteiger partial charge in [0.1, 0.15) is 6.10 Å². The Morgan fingerprint density at radius 2 is 1.90 bits per heavy atom. The summed E-state index contributed by atoms with van der Waals surface area (Å²) in [5.41, 5.74) is 8.92. The highest BCUT2D eigenvalue weighted by Crippen LogP contribution is 2.25. The summed E-state index contributed by atoms with van der Waals surface area (Å²) in [4.78, 5) is 34.7. The van der Waals surface area contributed by atoms with E-state index in [2.05, 4.69) is 4.98 Å². The zero-order chi connectivity index (χ0) is 20.9. The van der Waals surface area contributed by atoms with Gasteiger partial charge in [0.05, 0.1) is 31.0 Å². The van der Waals surface area contributed by atoms with Crippen LogP contribution >= 0.6 is 0 Å². The first-order chi connectivity index (χ1) is 14.6. The lowest BCUT2D eigenvalue weighted by molar-refractivity contribution is -0.138. The summed E-state index contributed by atoms with van der Waals surface area (Å²) >= 11 is 0. The van der Waals surface area contributed by atoms with E-state index >= 15 is 0 Å². The lowest BCUT2D eigenvalue weighted by Gasteiger charge is -2.32. The fraction of sp³-hybridized carbons (Fsp3) is 0.217. The normalized spacial score (nSPS) is 16.3. The van der Waals surface area contributed by atoms with E-state index in [9.17, 15) is 9.59 Å². The highest BCUT2D eigenvalue weighted by molar-refractivity contribution is 5.93. The number of nitrogens with zero attached hydrogens (tertiary/aromatic N) is 3. The largest absolute Gasteiger partial charge is 0.368 e. The third-order valence-electron chi connectivity index (χ3n) is 5.04. The summed E-state index contributed by atoms with van der Waals surface area (Å²) in [6.07, 6.45) is 1.67. The molecule has 0 spiro atoms. The van der Waals surface area contributed by atoms with E-state index in [1.165, 1.54) is 0 Å². The molecule has 3 heterocycles. The second-order valence-electron chi connectivity index (χ2n) is 7.09. The van der Waals surface area contributed by atoms with Crippen molar-refractivity contribution in [3.05, 3.63) is 83.8 Å². The topological polar surface area (TPSA) is 98.4 Å². The number of carbonyl (C=O) groups excluding carboxylic acids is 2. The number of nitrogens with two attached hydrogens (primary N) is 1. The fourth-order valence-corrected chi connectivity index (χ4v) is 3.42. The van der Waals surface area contributed by atoms with Gasteiger partial charge < -0.3 is 15.4 Å². The molecule has 1 aromatic carbocycles. The van der Waals surface area contributed by atoms with Gasteiger partial charge in [-0.15, -0.1) is 0 Å². The van der Waals surface area contributed by atoms with Gasteiger partial charge in [-0.05, 0) is 36.4 Å². The number of rotatable bonds is 5. The van der Waals surface area contributed by atoms with Gasteiger partial charge >= 0.3 is 0 Å². The SMILES string of the molecule is NC(=O)c1ccc(-c2cccc(C3CN(C(=O)Cc4ccccn4)CCO3)n2)cc1. The van der Waals surface area contributed by atoms with Gasteiger partial charge in [0.2, 0.25) is 11.8 Å². The summed E-state index contributed by atoms with van der Waals surface area (Å²) in [5.74, 6) is -0.436. The lowest BCUT2D eigenvalue weighted by Crippen LogP contribution is -2.43. The van der Waals surface area contributed by atoms with Gasteiger partial charge in [-0.3, -0.25) is 14.6 Å². The Morgan fingerprint density at radius 1 is 1.07 bits per heavy atom. The number of benzene rings is 1. The Kier molecular flexibility index (Phi) is 5.81. The summed E-state index contributed by atoms with van der Waals surface area (Å²) in [6.45, 7) is 1.46. The number of aromatic nitrogens is 2. The van der Waals surface area contributed by atoms with Gasteiger partial charge in [-0.2, -0.15) is 0 Å². The molecule has 1 aliphatic rings. The predicted octanol–water partition coefficient (Wildman–Crippen LogP) is 2.39. The Morgan fingerprint density at radius 3 is 2.63 bits per heavy atom. The van der Waals surface area contributed by atoms with Crippen LogP contribution in [0.15, 0.2) is 66.9 Å². The first-order valence-electron chi connectivity index (χ1n) is 9.76. The van der Waals surface area contributed by atoms with Crippen LogP contribution in [0.25, 0.3) is 11.3 Å². The average molecular weight is 402 g/mol. The third-order valence-corrected chi connectivity index (χ3v) is 5.04. The highest BCUT2D eigenvalue weighted by atomic mass is 16.5. The maximum Gasteiger partial charge on any atom is 0.248 e. The highest BCUT2D eigenvalue weighted by Gasteiger charge is 2.26. The first-order valence-corrected chi connectivity index (χ1v) is 9.76. The van der Waals surface area contributed by atoms with E-state index < -0.39 is 5.91 Å². The lowest BCUT2D eigenvalue weighted by atomic mass is 10.1. The third kappa shape index (κ3) is 4.52. The van der Waals surface area contributed by atoms with Gasteiger partial charge in [0.15, 0.2) is 0 Å². The van der Waals surface area contributed by atoms with Crippen LogP contribution in [0.5, 0.6) is 0 Å². The molecule has 0 aliphatic carbocycles. The van der Waals surface area contributed by atoms with Crippen molar-refractivity contribution in [1.29, 1.82) is 0 Å². The van der Waals surface area contributed by atoms with Crippen molar-refractivity contribution in [2.24, 2.45) is 5.73 Å². The molecular weight excluding hydrogens is 380 g/mol. The second-order valence-corrected chi connectivity index (χ2v) is 7.09. The molecule has 2 amide bonds. The Hall–Kier alpha value is -3.58. The molecule has 2 aromatic heterocycles. The van der Waals surface area contributed by atoms with Crippen molar-refractivity contribution < 1.29 is 14.3 Å². The number of hydrogen-bond donors (Lipinski definition) is 1. The molecule has 0 radical (unpaired) electrons. The number of carbonyl (C=O) groups is 2. The quantitative estimate of drug-likeness (QED) is 0.707. The minimum atomic E-state index is -0.464. The second kappa shape index (κ2) is 8.84. The summed E-state index contributed by atoms with van der Waals surface area (Å²) in [5, 5.41) is 0. The average Bonchev–Trinajstić information content (AvgIpc) is 2.80. The van der Waals surface area contributed by atoms with Crippen LogP contribution in [-0.4, -0.2) is 46.4 Å². The molecule has 0 saturated carbocycles. The molecule has 30 heavy (non-hydrogen) atoms. The van der Waals surface area contributed by atoms with Crippen LogP contribution in [0.3, 0.4) is 0 Å². The van der Waals surface area contributed by atoms with E-state index in [0.717, 1.165) is 22.6 Å². The number of amides is 2. The molecule has 152 valence electrons. The van der Waals surface area contributed by atoms with Crippen molar-refractivity contribution >= 4 is 11.8 Å². The van der Waals surface area contributed by atoms with Gasteiger partial charge in [-0.25, -0.2) is 4.98 Å². The minimum absolute atomic E-state index is 0.0280. The van der Waals surface area contributed by atoms with Crippen LogP contribution in [0.4, 0.5) is 0 Å². The Labute approximate surface area is 174 Å². The summed E-state index contributed by atoms with van der Waals surface area (Å²) in [7, 11) is 0. The van der Waals surface area contributed by atoms with Crippen molar-refractivity contribution in [3.8, 4) is 11.3 Å². The van der Waals surface area contributed by atoms with E-state index in [4.69, 9.17) is 15.5 Å². The number of ether oxygens (including phenoxy) is 1. The molecule has 2 N–H and O–H groups in total. The molecule has 0 bridgehead atoms. The van der Waals surface area contributed by atoms with Crippen LogP contribution < -0.4 is 5.73 Å². The van der Waals surface area contributed by atoms with Crippen LogP contribution in [0, 0.1) is 0 Å². The van der Waals surface area contributed by atoms with Gasteiger partial charge in [0, 0.05) is 29.6 Å². The van der Waals surface area contributed by atoms with E-state index in [1.54, 1.807) is 23.2 Å². The number of pyridine rings is 2. The Balaban J connectivity index is 1.47. The monoisotopic (exact) mass is 402 g/mol. The maximum atomic E-state index is 12.7. The van der Waals surface area contributed by atoms with E-state index in [0.29, 0.717) is 25.3 Å². The fourth-order valence-electron chi connectivity index (χ4n) is 3.42. The molecule has 7 heteroatoms. The summed E-state index contributed by atoms with van der Waals surface area (Å²) in [6, 6.07) is 18.3. The minimum Gasteiger partial charge on any atom is -0.368 e. The smallest absolute Gasteiger partial charge is 0.248 e. The molecule has 1 aliphatic heterocycles. The van der Waals surface area contributed by atoms with Gasteiger partial charge in [0.25, 0.3) is 0 Å². The first kappa shape index (κ1) is 19.7. The van der Waals surface area contributed by atoms with E-state index in [-0.39, 0.29) is 18.4 Å². The standard InChI is InChI=1S/C23H22N4O3/c24-23(29)17-9-7-16(8-10-17)19-5-3-6-20(26-19)21-15-27(12-13-30-21)22(28)14-18-4-1-2-11-25-18/h1-11,21H,12-15H2,(H2,24,29). The van der Waals surface area contributed by atoms with Crippen LogP contribution in [0.1, 0.15) is 27.8 Å². The molecule has 1 saturated heterocycles. The molecule has 7 nitrogen and oxygen atoms in total. The van der Waals surface area contributed by atoms with Crippen LogP contribution in [-0.2, 0) is 16.0 Å². The molecule has 4 rings (SSSR count). The molecule has 1 unspecified atom stereocenters. The predicted molar refractivity (Wildman–Crippen MR) is 111 cm³/mol. The van der Waals surface area contributed by atoms with Crippen molar-refractivity contribution in [2.75, 3.05) is 19.7 Å². The molecule has 1 fully saturated rings. The molecular formula is C23H22N4O3. The summed E-state index contributed by atoms with van der Waals surface area (Å²) < 4.78 is 5.90. The number of primary amides is 1.